The lowest BCUT2D eigenvalue weighted by Crippen LogP contribution is -2.27. The molecular weight excluding hydrogens is 216 g/mol. The number of carbonyl (C=O) groups excluding carboxylic acids is 1. The quantitative estimate of drug-likeness (QED) is 0.724. The van der Waals surface area contributed by atoms with E-state index in [1.165, 1.54) is 10.9 Å². The topological polar surface area (TPSA) is 44.1 Å². The summed E-state index contributed by atoms with van der Waals surface area (Å²) < 4.78 is 6.81. The van der Waals surface area contributed by atoms with Crippen molar-refractivity contribution in [2.24, 2.45) is 13.0 Å². The van der Waals surface area contributed by atoms with E-state index in [2.05, 4.69) is 5.10 Å². The van der Waals surface area contributed by atoms with Crippen LogP contribution in [-0.4, -0.2) is 28.8 Å². The molecule has 0 saturated carbocycles. The Morgan fingerprint density at radius 1 is 1.73 bits per heavy atom. The summed E-state index contributed by atoms with van der Waals surface area (Å²) in [6.45, 7) is 1.25. The highest BCUT2D eigenvalue weighted by Gasteiger charge is 2.26. The fourth-order valence-electron chi connectivity index (χ4n) is 1.83. The number of halogens is 1. The number of aromatic nitrogens is 2. The van der Waals surface area contributed by atoms with E-state index in [9.17, 15) is 4.79 Å². The van der Waals surface area contributed by atoms with Crippen LogP contribution < -0.4 is 0 Å². The molecule has 1 aromatic rings. The van der Waals surface area contributed by atoms with Crippen molar-refractivity contribution in [2.75, 3.05) is 13.2 Å². The molecule has 0 N–H and O–H groups in total. The molecule has 2 rings (SSSR count). The fraction of sp³-hybridized carbons (Fsp3) is 0.600. The zero-order valence-corrected chi connectivity index (χ0v) is 9.33. The first-order valence-electron chi connectivity index (χ1n) is 4.99. The number of nitrogens with zero attached hydrogens (tertiary/aromatic N) is 2. The minimum atomic E-state index is -0.0633. The molecule has 0 bridgehead atoms. The van der Waals surface area contributed by atoms with Gasteiger partial charge in [0.15, 0.2) is 5.78 Å². The number of rotatable bonds is 2. The average molecular weight is 229 g/mol. The molecule has 0 aromatic carbocycles. The van der Waals surface area contributed by atoms with Crippen molar-refractivity contribution >= 4 is 17.4 Å². The largest absolute Gasteiger partial charge is 0.381 e. The molecule has 0 aliphatic carbocycles. The third-order valence-electron chi connectivity index (χ3n) is 2.66. The second-order valence-corrected chi connectivity index (χ2v) is 4.15. The van der Waals surface area contributed by atoms with Crippen LogP contribution in [0.25, 0.3) is 0 Å². The monoisotopic (exact) mass is 228 g/mol. The van der Waals surface area contributed by atoms with Crippen LogP contribution in [0.5, 0.6) is 0 Å². The maximum absolute atomic E-state index is 12.1. The number of ether oxygens (including phenoxy) is 1. The highest BCUT2D eigenvalue weighted by atomic mass is 35.5. The fourth-order valence-corrected chi connectivity index (χ4v) is 2.09. The normalized spacial score (nSPS) is 21.6. The molecule has 1 saturated heterocycles. The van der Waals surface area contributed by atoms with Crippen LogP contribution in [0.3, 0.4) is 0 Å². The van der Waals surface area contributed by atoms with Crippen LogP contribution in [-0.2, 0) is 11.8 Å². The van der Waals surface area contributed by atoms with Gasteiger partial charge in [0, 0.05) is 19.6 Å². The van der Waals surface area contributed by atoms with Crippen LogP contribution in [0, 0.1) is 5.92 Å². The molecule has 1 unspecified atom stereocenters. The van der Waals surface area contributed by atoms with Gasteiger partial charge in [-0.15, -0.1) is 0 Å². The third-order valence-corrected chi connectivity index (χ3v) is 2.94. The van der Waals surface area contributed by atoms with Crippen molar-refractivity contribution in [1.29, 1.82) is 0 Å². The van der Waals surface area contributed by atoms with Crippen molar-refractivity contribution in [3.8, 4) is 0 Å². The molecule has 5 heteroatoms. The zero-order chi connectivity index (χ0) is 10.8. The minimum Gasteiger partial charge on any atom is -0.381 e. The van der Waals surface area contributed by atoms with Gasteiger partial charge in [0.2, 0.25) is 0 Å². The Morgan fingerprint density at radius 2 is 2.53 bits per heavy atom. The summed E-state index contributed by atoms with van der Waals surface area (Å²) in [6.07, 6.45) is 3.31. The number of ketones is 1. The lowest BCUT2D eigenvalue weighted by atomic mass is 9.95. The van der Waals surface area contributed by atoms with Gasteiger partial charge in [0.1, 0.15) is 5.69 Å². The van der Waals surface area contributed by atoms with Crippen LogP contribution in [0.1, 0.15) is 23.3 Å². The van der Waals surface area contributed by atoms with Gasteiger partial charge < -0.3 is 4.74 Å². The predicted octanol–water partition coefficient (Wildman–Crippen LogP) is 1.68. The van der Waals surface area contributed by atoms with Crippen LogP contribution >= 0.6 is 11.6 Å². The van der Waals surface area contributed by atoms with Crippen molar-refractivity contribution in [3.05, 3.63) is 16.9 Å². The number of hydrogen-bond acceptors (Lipinski definition) is 3. The Balaban J connectivity index is 2.19. The molecule has 1 fully saturated rings. The molecule has 0 spiro atoms. The molecule has 1 atom stereocenters. The maximum Gasteiger partial charge on any atom is 0.187 e. The summed E-state index contributed by atoms with van der Waals surface area (Å²) in [5.41, 5.74) is 0.493. The molecule has 4 nitrogen and oxygen atoms in total. The average Bonchev–Trinajstić information content (AvgIpc) is 2.59. The number of aryl methyl sites for hydroxylation is 1. The van der Waals surface area contributed by atoms with E-state index in [0.717, 1.165) is 19.4 Å². The summed E-state index contributed by atoms with van der Waals surface area (Å²) in [7, 11) is 1.72. The van der Waals surface area contributed by atoms with Gasteiger partial charge in [0.05, 0.1) is 17.8 Å². The van der Waals surface area contributed by atoms with Gasteiger partial charge in [-0.2, -0.15) is 5.10 Å². The summed E-state index contributed by atoms with van der Waals surface area (Å²) in [5.74, 6) is -0.0219. The lowest BCUT2D eigenvalue weighted by molar-refractivity contribution is 0.0455. The molecule has 15 heavy (non-hydrogen) atoms. The molecular formula is C10H13ClN2O2. The second kappa shape index (κ2) is 4.33. The Kier molecular flexibility index (Phi) is 3.07. The summed E-state index contributed by atoms with van der Waals surface area (Å²) in [5, 5.41) is 4.38. The third kappa shape index (κ3) is 2.06. The smallest absolute Gasteiger partial charge is 0.187 e. The molecule has 82 valence electrons. The van der Waals surface area contributed by atoms with Crippen molar-refractivity contribution in [2.45, 2.75) is 12.8 Å². The number of carbonyl (C=O) groups is 1. The van der Waals surface area contributed by atoms with E-state index in [4.69, 9.17) is 16.3 Å². The Labute approximate surface area is 93.2 Å². The Bertz CT molecular complexity index is 350. The standard InChI is InChI=1S/C10H13ClN2O2/c1-13-9(8(11)5-12-13)10(14)7-3-2-4-15-6-7/h5,7H,2-4,6H2,1H3. The first-order valence-corrected chi connectivity index (χ1v) is 5.37. The SMILES string of the molecule is Cn1ncc(Cl)c1C(=O)C1CCCOC1. The molecule has 2 heterocycles. The van der Waals surface area contributed by atoms with Gasteiger partial charge in [-0.25, -0.2) is 0 Å². The van der Waals surface area contributed by atoms with E-state index in [-0.39, 0.29) is 11.7 Å². The van der Waals surface area contributed by atoms with Gasteiger partial charge in [0.25, 0.3) is 0 Å². The summed E-state index contributed by atoms with van der Waals surface area (Å²) in [6, 6.07) is 0. The van der Waals surface area contributed by atoms with E-state index in [1.807, 2.05) is 0 Å². The van der Waals surface area contributed by atoms with Crippen molar-refractivity contribution in [3.63, 3.8) is 0 Å². The zero-order valence-electron chi connectivity index (χ0n) is 8.57. The van der Waals surface area contributed by atoms with Crippen molar-refractivity contribution < 1.29 is 9.53 Å². The predicted molar refractivity (Wildman–Crippen MR) is 56.1 cm³/mol. The number of Topliss-reactive ketones (excluding diaryl/α,β-unsaturated/α-hetero) is 1. The first-order chi connectivity index (χ1) is 7.20. The highest BCUT2D eigenvalue weighted by Crippen LogP contribution is 2.23. The first kappa shape index (κ1) is 10.6. The van der Waals surface area contributed by atoms with E-state index in [1.54, 1.807) is 7.05 Å². The maximum atomic E-state index is 12.1. The van der Waals surface area contributed by atoms with Crippen LogP contribution in [0.2, 0.25) is 5.02 Å². The van der Waals surface area contributed by atoms with Crippen LogP contribution in [0.15, 0.2) is 6.20 Å². The molecule has 0 radical (unpaired) electrons. The Hall–Kier alpha value is -0.870. The second-order valence-electron chi connectivity index (χ2n) is 3.74. The molecule has 0 amide bonds. The molecule has 1 aliphatic rings. The lowest BCUT2D eigenvalue weighted by Gasteiger charge is -2.20. The van der Waals surface area contributed by atoms with Crippen molar-refractivity contribution in [1.82, 2.24) is 9.78 Å². The van der Waals surface area contributed by atoms with E-state index < -0.39 is 0 Å². The van der Waals surface area contributed by atoms with E-state index >= 15 is 0 Å². The molecule has 1 aromatic heterocycles. The number of hydrogen-bond donors (Lipinski definition) is 0. The van der Waals surface area contributed by atoms with Gasteiger partial charge in [-0.05, 0) is 12.8 Å². The van der Waals surface area contributed by atoms with Gasteiger partial charge >= 0.3 is 0 Å². The summed E-state index contributed by atoms with van der Waals surface area (Å²) >= 11 is 5.91. The summed E-state index contributed by atoms with van der Waals surface area (Å²) in [4.78, 5) is 12.1. The minimum absolute atomic E-state index is 0.0414. The van der Waals surface area contributed by atoms with Crippen LogP contribution in [0.4, 0.5) is 0 Å². The van der Waals surface area contributed by atoms with Gasteiger partial charge in [-0.3, -0.25) is 9.48 Å². The highest BCUT2D eigenvalue weighted by molar-refractivity contribution is 6.33. The van der Waals surface area contributed by atoms with E-state index in [0.29, 0.717) is 17.3 Å². The molecule has 1 aliphatic heterocycles. The van der Waals surface area contributed by atoms with Gasteiger partial charge in [-0.1, -0.05) is 11.6 Å². The Morgan fingerprint density at radius 3 is 3.07 bits per heavy atom.